The number of carbonyl (C=O) groups excluding carboxylic acids is 1. The lowest BCUT2D eigenvalue weighted by Gasteiger charge is -2.22. The first-order valence-electron chi connectivity index (χ1n) is 4.59. The van der Waals surface area contributed by atoms with Gasteiger partial charge in [0.15, 0.2) is 0 Å². The van der Waals surface area contributed by atoms with E-state index < -0.39 is 0 Å². The van der Waals surface area contributed by atoms with E-state index in [9.17, 15) is 4.79 Å². The topological polar surface area (TPSA) is 26.3 Å². The second-order valence-electron chi connectivity index (χ2n) is 4.59. The van der Waals surface area contributed by atoms with Gasteiger partial charge < -0.3 is 4.74 Å². The Labute approximate surface area is 74.3 Å². The largest absolute Gasteiger partial charge is 0.378 e. The van der Waals surface area contributed by atoms with E-state index >= 15 is 0 Å². The molecule has 2 atom stereocenters. The summed E-state index contributed by atoms with van der Waals surface area (Å²) in [6.45, 7) is 8.65. The summed E-state index contributed by atoms with van der Waals surface area (Å²) in [4.78, 5) is 11.8. The van der Waals surface area contributed by atoms with Gasteiger partial charge in [-0.1, -0.05) is 20.8 Å². The van der Waals surface area contributed by atoms with Crippen molar-refractivity contribution in [2.45, 2.75) is 40.2 Å². The summed E-state index contributed by atoms with van der Waals surface area (Å²) in [5, 5.41) is 0. The number of ketones is 1. The fourth-order valence-electron chi connectivity index (χ4n) is 1.63. The van der Waals surface area contributed by atoms with Crippen LogP contribution in [0.25, 0.3) is 0 Å². The molecule has 0 saturated carbocycles. The van der Waals surface area contributed by atoms with Gasteiger partial charge in [-0.05, 0) is 13.3 Å². The Hall–Kier alpha value is -0.370. The summed E-state index contributed by atoms with van der Waals surface area (Å²) in [6, 6.07) is 0. The molecule has 0 radical (unpaired) electrons. The first-order valence-corrected chi connectivity index (χ1v) is 4.59. The Morgan fingerprint density at radius 1 is 1.42 bits per heavy atom. The lowest BCUT2D eigenvalue weighted by molar-refractivity contribution is -0.131. The minimum Gasteiger partial charge on any atom is -0.378 e. The Morgan fingerprint density at radius 3 is 2.33 bits per heavy atom. The standard InChI is InChI=1S/C10H18O2/c1-7-8(5-6-12-7)9(11)10(2,3)4/h7-8H,5-6H2,1-4H3. The molecule has 0 N–H and O–H groups in total. The van der Waals surface area contributed by atoms with Crippen LogP contribution in [0, 0.1) is 11.3 Å². The highest BCUT2D eigenvalue weighted by Crippen LogP contribution is 2.29. The van der Waals surface area contributed by atoms with E-state index in [1.165, 1.54) is 0 Å². The van der Waals surface area contributed by atoms with Crippen LogP contribution in [0.4, 0.5) is 0 Å². The maximum atomic E-state index is 11.8. The molecule has 0 spiro atoms. The number of rotatable bonds is 1. The van der Waals surface area contributed by atoms with Crippen LogP contribution in [0.15, 0.2) is 0 Å². The van der Waals surface area contributed by atoms with Gasteiger partial charge in [-0.2, -0.15) is 0 Å². The minimum absolute atomic E-state index is 0.122. The molecule has 1 aliphatic rings. The third-order valence-corrected chi connectivity index (χ3v) is 2.45. The molecule has 70 valence electrons. The normalized spacial score (nSPS) is 30.7. The Kier molecular flexibility index (Phi) is 2.57. The van der Waals surface area contributed by atoms with Crippen molar-refractivity contribution in [3.63, 3.8) is 0 Å². The maximum absolute atomic E-state index is 11.8. The van der Waals surface area contributed by atoms with Crippen LogP contribution in [-0.4, -0.2) is 18.5 Å². The van der Waals surface area contributed by atoms with Crippen molar-refractivity contribution in [1.29, 1.82) is 0 Å². The predicted molar refractivity (Wildman–Crippen MR) is 48.0 cm³/mol. The van der Waals surface area contributed by atoms with E-state index in [2.05, 4.69) is 0 Å². The molecule has 0 aromatic rings. The van der Waals surface area contributed by atoms with E-state index in [-0.39, 0.29) is 17.4 Å². The average molecular weight is 170 g/mol. The molecule has 0 bridgehead atoms. The van der Waals surface area contributed by atoms with E-state index in [0.717, 1.165) is 13.0 Å². The van der Waals surface area contributed by atoms with E-state index in [0.29, 0.717) is 5.78 Å². The number of ether oxygens (including phenoxy) is 1. The fraction of sp³-hybridized carbons (Fsp3) is 0.900. The molecule has 2 nitrogen and oxygen atoms in total. The van der Waals surface area contributed by atoms with Crippen LogP contribution >= 0.6 is 0 Å². The summed E-state index contributed by atoms with van der Waals surface area (Å²) < 4.78 is 5.36. The first-order chi connectivity index (χ1) is 5.43. The molecule has 1 saturated heterocycles. The molecule has 1 rings (SSSR count). The minimum atomic E-state index is -0.216. The van der Waals surface area contributed by atoms with Gasteiger partial charge in [0.2, 0.25) is 0 Å². The van der Waals surface area contributed by atoms with Crippen molar-refractivity contribution in [1.82, 2.24) is 0 Å². The van der Waals surface area contributed by atoms with E-state index in [4.69, 9.17) is 4.74 Å². The van der Waals surface area contributed by atoms with Gasteiger partial charge in [-0.25, -0.2) is 0 Å². The molecule has 0 amide bonds. The highest BCUT2D eigenvalue weighted by atomic mass is 16.5. The number of hydrogen-bond acceptors (Lipinski definition) is 2. The quantitative estimate of drug-likeness (QED) is 0.602. The third-order valence-electron chi connectivity index (χ3n) is 2.45. The van der Waals surface area contributed by atoms with Crippen molar-refractivity contribution in [3.8, 4) is 0 Å². The van der Waals surface area contributed by atoms with Crippen molar-refractivity contribution in [2.24, 2.45) is 11.3 Å². The van der Waals surface area contributed by atoms with Gasteiger partial charge >= 0.3 is 0 Å². The summed E-state index contributed by atoms with van der Waals surface area (Å²) in [5.74, 6) is 0.470. The van der Waals surface area contributed by atoms with Crippen molar-refractivity contribution in [3.05, 3.63) is 0 Å². The summed E-state index contributed by atoms with van der Waals surface area (Å²) in [6.07, 6.45) is 1.02. The van der Waals surface area contributed by atoms with Gasteiger partial charge in [0.1, 0.15) is 5.78 Å². The summed E-state index contributed by atoms with van der Waals surface area (Å²) >= 11 is 0. The molecule has 1 fully saturated rings. The average Bonchev–Trinajstić information content (AvgIpc) is 2.31. The maximum Gasteiger partial charge on any atom is 0.143 e. The molecule has 0 aromatic heterocycles. The highest BCUT2D eigenvalue weighted by molar-refractivity contribution is 5.86. The van der Waals surface area contributed by atoms with Gasteiger partial charge in [0.25, 0.3) is 0 Å². The molecule has 2 unspecified atom stereocenters. The van der Waals surface area contributed by atoms with Crippen LogP contribution < -0.4 is 0 Å². The second kappa shape index (κ2) is 3.17. The second-order valence-corrected chi connectivity index (χ2v) is 4.59. The first kappa shape index (κ1) is 9.72. The zero-order chi connectivity index (χ0) is 9.35. The molecule has 12 heavy (non-hydrogen) atoms. The fourth-order valence-corrected chi connectivity index (χ4v) is 1.63. The monoisotopic (exact) mass is 170 g/mol. The molecule has 2 heteroatoms. The van der Waals surface area contributed by atoms with Gasteiger partial charge in [0, 0.05) is 17.9 Å². The number of Topliss-reactive ketones (excluding diaryl/α,β-unsaturated/α-hetero) is 1. The van der Waals surface area contributed by atoms with Gasteiger partial charge in [-0.3, -0.25) is 4.79 Å². The predicted octanol–water partition coefficient (Wildman–Crippen LogP) is 2.03. The molecule has 0 aromatic carbocycles. The van der Waals surface area contributed by atoms with Crippen molar-refractivity contribution in [2.75, 3.05) is 6.61 Å². The smallest absolute Gasteiger partial charge is 0.143 e. The lowest BCUT2D eigenvalue weighted by atomic mass is 9.80. The van der Waals surface area contributed by atoms with E-state index in [1.807, 2.05) is 27.7 Å². The van der Waals surface area contributed by atoms with Gasteiger partial charge in [-0.15, -0.1) is 0 Å². The van der Waals surface area contributed by atoms with Crippen LogP contribution in [-0.2, 0) is 9.53 Å². The summed E-state index contributed by atoms with van der Waals surface area (Å²) in [5.41, 5.74) is -0.216. The Morgan fingerprint density at radius 2 is 2.00 bits per heavy atom. The highest BCUT2D eigenvalue weighted by Gasteiger charge is 2.36. The SMILES string of the molecule is CC1OCCC1C(=O)C(C)(C)C. The van der Waals surface area contributed by atoms with Crippen LogP contribution in [0.3, 0.4) is 0 Å². The van der Waals surface area contributed by atoms with Crippen molar-refractivity contribution >= 4 is 5.78 Å². The number of hydrogen-bond donors (Lipinski definition) is 0. The van der Waals surface area contributed by atoms with Crippen LogP contribution in [0.2, 0.25) is 0 Å². The molecular formula is C10H18O2. The van der Waals surface area contributed by atoms with Crippen molar-refractivity contribution < 1.29 is 9.53 Å². The molecule has 1 heterocycles. The van der Waals surface area contributed by atoms with Crippen LogP contribution in [0.1, 0.15) is 34.1 Å². The van der Waals surface area contributed by atoms with Gasteiger partial charge in [0.05, 0.1) is 6.10 Å². The molecule has 1 aliphatic heterocycles. The lowest BCUT2D eigenvalue weighted by Crippen LogP contribution is -2.32. The zero-order valence-corrected chi connectivity index (χ0v) is 8.39. The third kappa shape index (κ3) is 1.86. The Bertz CT molecular complexity index is 179. The summed E-state index contributed by atoms with van der Waals surface area (Å²) in [7, 11) is 0. The number of carbonyl (C=O) groups is 1. The Balaban J connectivity index is 2.64. The van der Waals surface area contributed by atoms with E-state index in [1.54, 1.807) is 0 Å². The molecular weight excluding hydrogens is 152 g/mol. The zero-order valence-electron chi connectivity index (χ0n) is 8.39. The molecule has 0 aliphatic carbocycles. The van der Waals surface area contributed by atoms with Crippen LogP contribution in [0.5, 0.6) is 0 Å².